The normalized spacial score (nSPS) is 11.9. The third-order valence-electron chi connectivity index (χ3n) is 9.62. The van der Waals surface area contributed by atoms with E-state index in [9.17, 15) is 0 Å². The number of halogens is 2. The number of benzene rings is 5. The number of hydrogen-bond acceptors (Lipinski definition) is 0. The number of nitrogens with zero attached hydrogens (tertiary/aromatic N) is 2. The number of hydrogen-bond donors (Lipinski definition) is 0. The smallest absolute Gasteiger partial charge is 0.0585 e. The summed E-state index contributed by atoms with van der Waals surface area (Å²) in [6, 6.07) is 36.1. The van der Waals surface area contributed by atoms with E-state index in [1.807, 2.05) is 0 Å². The summed E-state index contributed by atoms with van der Waals surface area (Å²) in [6.45, 7) is 6.59. The molecule has 0 amide bonds. The van der Waals surface area contributed by atoms with E-state index in [1.54, 1.807) is 0 Å². The third-order valence-corrected chi connectivity index (χ3v) is 10.6. The van der Waals surface area contributed by atoms with Gasteiger partial charge in [0.15, 0.2) is 0 Å². The Morgan fingerprint density at radius 2 is 0.891 bits per heavy atom. The van der Waals surface area contributed by atoms with Crippen molar-refractivity contribution in [3.05, 3.63) is 106 Å². The zero-order valence-electron chi connectivity index (χ0n) is 27.0. The lowest BCUT2D eigenvalue weighted by Gasteiger charge is -2.18. The molecule has 0 unspecified atom stereocenters. The van der Waals surface area contributed by atoms with Gasteiger partial charge in [0.25, 0.3) is 0 Å². The minimum absolute atomic E-state index is 1.00. The Bertz CT molecular complexity index is 1980. The molecule has 2 aromatic heterocycles. The largest absolute Gasteiger partial charge is 0.340 e. The first kappa shape index (κ1) is 31.3. The summed E-state index contributed by atoms with van der Waals surface area (Å²) < 4.78 is 7.55. The van der Waals surface area contributed by atoms with Crippen LogP contribution in [-0.2, 0) is 13.1 Å². The maximum Gasteiger partial charge on any atom is 0.0585 e. The van der Waals surface area contributed by atoms with Gasteiger partial charge in [-0.25, -0.2) is 0 Å². The molecule has 46 heavy (non-hydrogen) atoms. The maximum absolute atomic E-state index is 3.87. The second-order valence-electron chi connectivity index (χ2n) is 12.7. The van der Waals surface area contributed by atoms with E-state index in [4.69, 9.17) is 0 Å². The zero-order chi connectivity index (χ0) is 31.6. The van der Waals surface area contributed by atoms with Gasteiger partial charge < -0.3 is 9.13 Å². The van der Waals surface area contributed by atoms with Gasteiger partial charge in [-0.15, -0.1) is 0 Å². The van der Waals surface area contributed by atoms with E-state index in [0.717, 1.165) is 22.0 Å². The molecular formula is C42H42Br2N2. The van der Waals surface area contributed by atoms with Gasteiger partial charge in [-0.1, -0.05) is 145 Å². The standard InChI is InChI=1S/C42H42Br2N2/c1-3-5-7-15-25-45-35-23-21-31(43)27-33(35)39-38(30-19-13-10-14-20-30)42-40(37(41(39)45)29-17-11-9-12-18-29)34-28-32(44)22-24-36(34)46(42)26-16-8-6-4-2/h9-14,17-24,27-28H,3-8,15-16,25-26H2,1-2H3. The molecule has 0 saturated carbocycles. The number of aryl methyl sites for hydroxylation is 2. The van der Waals surface area contributed by atoms with E-state index in [0.29, 0.717) is 0 Å². The summed E-state index contributed by atoms with van der Waals surface area (Å²) in [5.74, 6) is 0. The SMILES string of the molecule is CCCCCCn1c2ccc(Br)cc2c2c(-c3ccccc3)c3c(c(-c4ccccc4)c21)c1cc(Br)ccc1n3CCCCCC. The molecule has 0 aliphatic rings. The molecule has 7 aromatic rings. The van der Waals surface area contributed by atoms with Crippen LogP contribution in [0.25, 0.3) is 65.9 Å². The summed E-state index contributed by atoms with van der Waals surface area (Å²) in [6.07, 6.45) is 9.84. The van der Waals surface area contributed by atoms with E-state index in [-0.39, 0.29) is 0 Å². The summed E-state index contributed by atoms with van der Waals surface area (Å²) in [5.41, 5.74) is 10.6. The third kappa shape index (κ3) is 5.62. The van der Waals surface area contributed by atoms with Crippen molar-refractivity contribution in [3.8, 4) is 22.3 Å². The van der Waals surface area contributed by atoms with Crippen LogP contribution in [-0.4, -0.2) is 9.13 Å². The summed E-state index contributed by atoms with van der Waals surface area (Å²) in [7, 11) is 0. The van der Waals surface area contributed by atoms with Crippen LogP contribution < -0.4 is 0 Å². The molecular weight excluding hydrogens is 692 g/mol. The van der Waals surface area contributed by atoms with E-state index in [1.165, 1.54) is 117 Å². The lowest BCUT2D eigenvalue weighted by molar-refractivity contribution is 0.602. The van der Waals surface area contributed by atoms with Gasteiger partial charge in [-0.2, -0.15) is 0 Å². The van der Waals surface area contributed by atoms with Crippen LogP contribution in [0.4, 0.5) is 0 Å². The molecule has 0 atom stereocenters. The van der Waals surface area contributed by atoms with E-state index < -0.39 is 0 Å². The van der Waals surface area contributed by atoms with Crippen molar-refractivity contribution in [3.63, 3.8) is 0 Å². The highest BCUT2D eigenvalue weighted by molar-refractivity contribution is 9.10. The van der Waals surface area contributed by atoms with Crippen LogP contribution in [0.2, 0.25) is 0 Å². The molecule has 0 aliphatic carbocycles. The number of fused-ring (bicyclic) bond motifs is 6. The van der Waals surface area contributed by atoms with Crippen molar-refractivity contribution in [2.75, 3.05) is 0 Å². The second kappa shape index (κ2) is 13.8. The summed E-state index contributed by atoms with van der Waals surface area (Å²) >= 11 is 7.75. The predicted octanol–water partition coefficient (Wildman–Crippen LogP) is 13.9. The van der Waals surface area contributed by atoms with Gasteiger partial charge in [-0.3, -0.25) is 0 Å². The minimum Gasteiger partial charge on any atom is -0.340 e. The first-order valence-corrected chi connectivity index (χ1v) is 18.7. The Balaban J connectivity index is 1.73. The average Bonchev–Trinajstić information content (AvgIpc) is 3.56. The Morgan fingerprint density at radius 1 is 0.478 bits per heavy atom. The van der Waals surface area contributed by atoms with Crippen LogP contribution in [0, 0.1) is 0 Å². The molecule has 7 rings (SSSR count). The zero-order valence-corrected chi connectivity index (χ0v) is 30.1. The highest BCUT2D eigenvalue weighted by Crippen LogP contribution is 2.51. The first-order chi connectivity index (χ1) is 22.6. The molecule has 5 aromatic carbocycles. The average molecular weight is 735 g/mol. The quantitative estimate of drug-likeness (QED) is 0.111. The Morgan fingerprint density at radius 3 is 1.28 bits per heavy atom. The minimum atomic E-state index is 1.00. The number of unbranched alkanes of at least 4 members (excludes halogenated alkanes) is 6. The van der Waals surface area contributed by atoms with Gasteiger partial charge in [0.2, 0.25) is 0 Å². The summed E-state index contributed by atoms with van der Waals surface area (Å²) in [4.78, 5) is 0. The van der Waals surface area contributed by atoms with Crippen molar-refractivity contribution in [2.24, 2.45) is 0 Å². The first-order valence-electron chi connectivity index (χ1n) is 17.1. The molecule has 2 heterocycles. The Kier molecular flexibility index (Phi) is 9.38. The van der Waals surface area contributed by atoms with E-state index in [2.05, 4.69) is 152 Å². The monoisotopic (exact) mass is 732 g/mol. The molecule has 0 N–H and O–H groups in total. The van der Waals surface area contributed by atoms with Crippen LogP contribution in [0.3, 0.4) is 0 Å². The van der Waals surface area contributed by atoms with E-state index >= 15 is 0 Å². The van der Waals surface area contributed by atoms with Crippen LogP contribution >= 0.6 is 31.9 Å². The second-order valence-corrected chi connectivity index (χ2v) is 14.5. The van der Waals surface area contributed by atoms with Gasteiger partial charge in [-0.05, 0) is 60.4 Å². The molecule has 234 valence electrons. The van der Waals surface area contributed by atoms with Gasteiger partial charge >= 0.3 is 0 Å². The molecule has 0 spiro atoms. The molecule has 2 nitrogen and oxygen atoms in total. The van der Waals surface area contributed by atoms with Crippen LogP contribution in [0.15, 0.2) is 106 Å². The molecule has 0 radical (unpaired) electrons. The van der Waals surface area contributed by atoms with Crippen molar-refractivity contribution in [2.45, 2.75) is 78.3 Å². The molecule has 0 saturated heterocycles. The van der Waals surface area contributed by atoms with Gasteiger partial charge in [0.1, 0.15) is 0 Å². The summed E-state index contributed by atoms with van der Waals surface area (Å²) in [5, 5.41) is 5.37. The highest BCUT2D eigenvalue weighted by Gasteiger charge is 2.28. The molecule has 0 fully saturated rings. The van der Waals surface area contributed by atoms with Crippen molar-refractivity contribution in [1.29, 1.82) is 0 Å². The predicted molar refractivity (Wildman–Crippen MR) is 207 cm³/mol. The van der Waals surface area contributed by atoms with Crippen LogP contribution in [0.5, 0.6) is 0 Å². The number of aromatic nitrogens is 2. The van der Waals surface area contributed by atoms with Crippen LogP contribution in [0.1, 0.15) is 65.2 Å². The highest BCUT2D eigenvalue weighted by atomic mass is 79.9. The fraction of sp³-hybridized carbons (Fsp3) is 0.286. The fourth-order valence-electron chi connectivity index (χ4n) is 7.55. The van der Waals surface area contributed by atoms with Crippen molar-refractivity contribution < 1.29 is 0 Å². The fourth-order valence-corrected chi connectivity index (χ4v) is 8.27. The Labute approximate surface area is 289 Å². The lowest BCUT2D eigenvalue weighted by Crippen LogP contribution is -2.02. The molecule has 0 bridgehead atoms. The lowest BCUT2D eigenvalue weighted by atomic mass is 9.90. The van der Waals surface area contributed by atoms with Gasteiger partial charge in [0.05, 0.1) is 11.0 Å². The maximum atomic E-state index is 3.87. The van der Waals surface area contributed by atoms with Crippen molar-refractivity contribution >= 4 is 75.5 Å². The van der Waals surface area contributed by atoms with Crippen molar-refractivity contribution in [1.82, 2.24) is 9.13 Å². The van der Waals surface area contributed by atoms with Gasteiger partial charge in [0, 0.05) is 65.7 Å². The molecule has 4 heteroatoms. The molecule has 0 aliphatic heterocycles. The number of rotatable bonds is 12. The Hall–Kier alpha value is -3.34. The topological polar surface area (TPSA) is 9.86 Å².